The molecule has 0 aromatic carbocycles. The number of carbonyl (C=O) groups excluding carboxylic acids is 1. The standard InChI is InChI=1S/C51H87O12P/c1-3-5-7-9-11-13-15-17-19-20-21-22-23-24-25-26-27-28-30-32-34-36-38-40-45(52)62-44(42-60-41-39-37-35-33-31-29-18-16-14-12-10-8-6-4-2)43-61-64(58,59)63-51-49(56)47(54)46(53)48(55)50(51)57/h6,8,12,14-15,17-18,20-21,23-24,29,33,35,44,46-51,53-57H,3-5,7,9-11,13,16,19,22,25-28,30-32,34,36-43H2,1-2H3,(H,58,59)/b8-6-,14-12-,17-15-,21-20-,24-23-,29-18-,35-33-. The summed E-state index contributed by atoms with van der Waals surface area (Å²) in [6, 6.07) is 0. The average Bonchev–Trinajstić information content (AvgIpc) is 3.28. The van der Waals surface area contributed by atoms with Crippen molar-refractivity contribution in [3.63, 3.8) is 0 Å². The number of aliphatic hydroxyl groups is 5. The van der Waals surface area contributed by atoms with Crippen LogP contribution in [0.5, 0.6) is 0 Å². The highest BCUT2D eigenvalue weighted by molar-refractivity contribution is 7.47. The SMILES string of the molecule is CC/C=C\C/C=C\C/C=C\C/C=C\CCCOCC(COP(=O)(O)OC1C(O)C(O)C(O)C(O)C1O)OC(=O)CCCCCCCCCC/C=C\C/C=C\C/C=C\CCCCCCC. The fourth-order valence-electron chi connectivity index (χ4n) is 6.90. The van der Waals surface area contributed by atoms with Crippen LogP contribution >= 0.6 is 7.82 Å². The summed E-state index contributed by atoms with van der Waals surface area (Å²) in [6.07, 6.45) is 42.4. The Kier molecular flexibility index (Phi) is 37.9. The minimum Gasteiger partial charge on any atom is -0.457 e. The molecule has 1 fully saturated rings. The topological polar surface area (TPSA) is 192 Å². The van der Waals surface area contributed by atoms with Crippen LogP contribution in [0, 0.1) is 0 Å². The Morgan fingerprint density at radius 2 is 0.922 bits per heavy atom. The van der Waals surface area contributed by atoms with Crippen LogP contribution in [-0.4, -0.2) is 98.9 Å². The fraction of sp³-hybridized carbons (Fsp3) is 0.706. The molecule has 6 atom stereocenters. The number of aliphatic hydroxyl groups excluding tert-OH is 5. The molecule has 0 amide bonds. The van der Waals surface area contributed by atoms with E-state index in [1.165, 1.54) is 57.8 Å². The number of phosphoric acid groups is 1. The third-order valence-electron chi connectivity index (χ3n) is 10.8. The predicted octanol–water partition coefficient (Wildman–Crippen LogP) is 10.5. The van der Waals surface area contributed by atoms with E-state index in [-0.39, 0.29) is 13.0 Å². The van der Waals surface area contributed by atoms with Crippen molar-refractivity contribution in [1.82, 2.24) is 0 Å². The molecule has 6 unspecified atom stereocenters. The van der Waals surface area contributed by atoms with Gasteiger partial charge in [-0.2, -0.15) is 0 Å². The minimum absolute atomic E-state index is 0.123. The molecule has 0 bridgehead atoms. The lowest BCUT2D eigenvalue weighted by Gasteiger charge is -2.41. The van der Waals surface area contributed by atoms with Crippen molar-refractivity contribution >= 4 is 13.8 Å². The van der Waals surface area contributed by atoms with Gasteiger partial charge in [-0.1, -0.05) is 163 Å². The molecule has 0 saturated heterocycles. The molecule has 368 valence electrons. The first-order valence-electron chi connectivity index (χ1n) is 24.4. The fourth-order valence-corrected chi connectivity index (χ4v) is 7.87. The molecule has 0 aromatic rings. The highest BCUT2D eigenvalue weighted by atomic mass is 31.2. The summed E-state index contributed by atoms with van der Waals surface area (Å²) >= 11 is 0. The number of unbranched alkanes of at least 4 members (excludes halogenated alkanes) is 14. The van der Waals surface area contributed by atoms with Crippen molar-refractivity contribution in [2.24, 2.45) is 0 Å². The van der Waals surface area contributed by atoms with Gasteiger partial charge in [0, 0.05) is 13.0 Å². The van der Waals surface area contributed by atoms with Gasteiger partial charge >= 0.3 is 13.8 Å². The minimum atomic E-state index is -5.04. The van der Waals surface area contributed by atoms with Gasteiger partial charge in [0.1, 0.15) is 42.7 Å². The van der Waals surface area contributed by atoms with Gasteiger partial charge in [0.15, 0.2) is 0 Å². The van der Waals surface area contributed by atoms with Gasteiger partial charge < -0.3 is 39.9 Å². The molecule has 0 spiro atoms. The summed E-state index contributed by atoms with van der Waals surface area (Å²) < 4.78 is 34.1. The highest BCUT2D eigenvalue weighted by Gasteiger charge is 2.51. The predicted molar refractivity (Wildman–Crippen MR) is 258 cm³/mol. The first-order valence-corrected chi connectivity index (χ1v) is 25.9. The Balaban J connectivity index is 2.39. The molecule has 1 saturated carbocycles. The second kappa shape index (κ2) is 40.8. The molecular formula is C51H87O12P. The average molecular weight is 923 g/mol. The molecule has 1 aliphatic carbocycles. The molecule has 1 rings (SSSR count). The summed E-state index contributed by atoms with van der Waals surface area (Å²) in [5.74, 6) is -0.507. The van der Waals surface area contributed by atoms with Gasteiger partial charge in [-0.3, -0.25) is 13.8 Å². The van der Waals surface area contributed by atoms with Crippen LogP contribution in [0.25, 0.3) is 0 Å². The number of phosphoric ester groups is 1. The summed E-state index contributed by atoms with van der Waals surface area (Å²) in [5, 5.41) is 50.2. The zero-order valence-electron chi connectivity index (χ0n) is 39.3. The van der Waals surface area contributed by atoms with Crippen molar-refractivity contribution in [1.29, 1.82) is 0 Å². The van der Waals surface area contributed by atoms with Gasteiger partial charge in [0.2, 0.25) is 0 Å². The van der Waals surface area contributed by atoms with Gasteiger partial charge in [0.05, 0.1) is 13.2 Å². The van der Waals surface area contributed by atoms with Crippen molar-refractivity contribution < 1.29 is 58.3 Å². The van der Waals surface area contributed by atoms with Crippen molar-refractivity contribution in [2.45, 2.75) is 211 Å². The van der Waals surface area contributed by atoms with Gasteiger partial charge in [-0.15, -0.1) is 0 Å². The second-order valence-electron chi connectivity index (χ2n) is 16.6. The highest BCUT2D eigenvalue weighted by Crippen LogP contribution is 2.47. The number of hydrogen-bond donors (Lipinski definition) is 6. The lowest BCUT2D eigenvalue weighted by atomic mass is 9.85. The van der Waals surface area contributed by atoms with E-state index in [1.54, 1.807) is 0 Å². The summed E-state index contributed by atoms with van der Waals surface area (Å²) in [5.41, 5.74) is 0. The largest absolute Gasteiger partial charge is 0.472 e. The maximum absolute atomic E-state index is 12.8. The van der Waals surface area contributed by atoms with Gasteiger partial charge in [-0.05, 0) is 83.5 Å². The number of hydrogen-bond acceptors (Lipinski definition) is 11. The zero-order valence-corrected chi connectivity index (χ0v) is 40.2. The van der Waals surface area contributed by atoms with Crippen LogP contribution in [-0.2, 0) is 27.9 Å². The first-order chi connectivity index (χ1) is 31.0. The number of carbonyl (C=O) groups is 1. The van der Waals surface area contributed by atoms with Crippen LogP contribution in [0.3, 0.4) is 0 Å². The van der Waals surface area contributed by atoms with E-state index in [4.69, 9.17) is 18.5 Å². The van der Waals surface area contributed by atoms with E-state index in [9.17, 15) is 39.8 Å². The summed E-state index contributed by atoms with van der Waals surface area (Å²) in [6.45, 7) is 3.98. The molecule has 0 aliphatic heterocycles. The number of allylic oxidation sites excluding steroid dienone is 14. The maximum Gasteiger partial charge on any atom is 0.472 e. The monoisotopic (exact) mass is 923 g/mol. The van der Waals surface area contributed by atoms with E-state index in [1.807, 2.05) is 0 Å². The van der Waals surface area contributed by atoms with Gasteiger partial charge in [0.25, 0.3) is 0 Å². The van der Waals surface area contributed by atoms with E-state index in [0.29, 0.717) is 19.4 Å². The normalized spacial score (nSPS) is 22.4. The quantitative estimate of drug-likeness (QED) is 0.0148. The Morgan fingerprint density at radius 3 is 1.41 bits per heavy atom. The Labute approximate surface area is 386 Å². The molecule has 13 heteroatoms. The van der Waals surface area contributed by atoms with Crippen molar-refractivity contribution in [3.8, 4) is 0 Å². The lowest BCUT2D eigenvalue weighted by molar-refractivity contribution is -0.220. The Morgan fingerprint density at radius 1 is 0.516 bits per heavy atom. The second-order valence-corrected chi connectivity index (χ2v) is 18.0. The lowest BCUT2D eigenvalue weighted by Crippen LogP contribution is -2.64. The number of rotatable bonds is 40. The number of ether oxygens (including phenoxy) is 2. The maximum atomic E-state index is 12.8. The van der Waals surface area contributed by atoms with Crippen molar-refractivity contribution in [3.05, 3.63) is 85.1 Å². The molecule has 12 nitrogen and oxygen atoms in total. The molecule has 0 aromatic heterocycles. The van der Waals surface area contributed by atoms with E-state index < -0.39 is 63.1 Å². The van der Waals surface area contributed by atoms with E-state index >= 15 is 0 Å². The van der Waals surface area contributed by atoms with E-state index in [2.05, 4.69) is 98.9 Å². The molecule has 64 heavy (non-hydrogen) atoms. The van der Waals surface area contributed by atoms with Crippen LogP contribution in [0.4, 0.5) is 0 Å². The first kappa shape index (κ1) is 59.5. The van der Waals surface area contributed by atoms with Crippen LogP contribution in [0.2, 0.25) is 0 Å². The third-order valence-corrected chi connectivity index (χ3v) is 11.7. The Bertz CT molecular complexity index is 1380. The van der Waals surface area contributed by atoms with Crippen molar-refractivity contribution in [2.75, 3.05) is 19.8 Å². The molecule has 6 N–H and O–H groups in total. The Hall–Kier alpha value is -2.48. The third kappa shape index (κ3) is 32.2. The zero-order chi connectivity index (χ0) is 46.9. The number of esters is 1. The van der Waals surface area contributed by atoms with E-state index in [0.717, 1.165) is 77.0 Å². The molecule has 0 heterocycles. The summed E-state index contributed by atoms with van der Waals surface area (Å²) in [7, 11) is -5.04. The van der Waals surface area contributed by atoms with Crippen LogP contribution in [0.1, 0.15) is 168 Å². The molecule has 1 aliphatic rings. The smallest absolute Gasteiger partial charge is 0.457 e. The van der Waals surface area contributed by atoms with Crippen LogP contribution in [0.15, 0.2) is 85.1 Å². The van der Waals surface area contributed by atoms with Gasteiger partial charge in [-0.25, -0.2) is 4.57 Å². The molecular weight excluding hydrogens is 836 g/mol. The summed E-state index contributed by atoms with van der Waals surface area (Å²) in [4.78, 5) is 23.2. The molecule has 0 radical (unpaired) electrons. The van der Waals surface area contributed by atoms with Crippen LogP contribution < -0.4 is 0 Å².